The van der Waals surface area contributed by atoms with Gasteiger partial charge in [-0.05, 0) is 35.2 Å². The zero-order chi connectivity index (χ0) is 19.1. The van der Waals surface area contributed by atoms with Crippen LogP contribution in [0.3, 0.4) is 0 Å². The number of hydrazone groups is 1. The van der Waals surface area contributed by atoms with Gasteiger partial charge in [0.1, 0.15) is 0 Å². The van der Waals surface area contributed by atoms with E-state index in [0.717, 1.165) is 11.4 Å². The quantitative estimate of drug-likeness (QED) is 0.512. The minimum Gasteiger partial charge on any atom is -0.257 e. The van der Waals surface area contributed by atoms with Crippen molar-refractivity contribution in [1.82, 2.24) is 0 Å². The molecular formula is C25H24N2S. The number of rotatable bonds is 3. The molecule has 0 aromatic heterocycles. The topological polar surface area (TPSA) is 15.6 Å². The summed E-state index contributed by atoms with van der Waals surface area (Å²) in [7, 11) is 0. The molecule has 0 radical (unpaired) electrons. The molecule has 2 heterocycles. The van der Waals surface area contributed by atoms with E-state index in [9.17, 15) is 0 Å². The molecule has 140 valence electrons. The summed E-state index contributed by atoms with van der Waals surface area (Å²) in [6, 6.07) is 28.7. The Labute approximate surface area is 171 Å². The van der Waals surface area contributed by atoms with E-state index in [1.165, 1.54) is 27.3 Å². The summed E-state index contributed by atoms with van der Waals surface area (Å²) < 4.78 is 0. The molecule has 0 saturated carbocycles. The van der Waals surface area contributed by atoms with Gasteiger partial charge in [0.25, 0.3) is 0 Å². The van der Waals surface area contributed by atoms with Crippen molar-refractivity contribution in [3.8, 4) is 0 Å². The highest BCUT2D eigenvalue weighted by molar-refractivity contribution is 7.99. The fourth-order valence-corrected chi connectivity index (χ4v) is 5.43. The molecule has 0 unspecified atom stereocenters. The van der Waals surface area contributed by atoms with Crippen molar-refractivity contribution in [2.45, 2.75) is 30.7 Å². The van der Waals surface area contributed by atoms with Gasteiger partial charge in [0.05, 0.1) is 17.4 Å². The van der Waals surface area contributed by atoms with Gasteiger partial charge in [0, 0.05) is 22.1 Å². The molecule has 0 bridgehead atoms. The molecule has 0 aliphatic carbocycles. The maximum Gasteiger partial charge on any atom is 0.0868 e. The molecule has 0 saturated heterocycles. The lowest BCUT2D eigenvalue weighted by Crippen LogP contribution is -2.29. The minimum absolute atomic E-state index is 0.236. The summed E-state index contributed by atoms with van der Waals surface area (Å²) >= 11 is 1.96. The molecule has 2 nitrogen and oxygen atoms in total. The first-order valence-electron chi connectivity index (χ1n) is 9.97. The molecule has 5 rings (SSSR count). The fourth-order valence-electron chi connectivity index (χ4n) is 4.23. The van der Waals surface area contributed by atoms with Crippen molar-refractivity contribution in [1.29, 1.82) is 0 Å². The van der Waals surface area contributed by atoms with E-state index < -0.39 is 0 Å². The molecule has 2 aliphatic heterocycles. The van der Waals surface area contributed by atoms with Gasteiger partial charge in [-0.3, -0.25) is 5.01 Å². The van der Waals surface area contributed by atoms with E-state index in [4.69, 9.17) is 5.10 Å². The van der Waals surface area contributed by atoms with Gasteiger partial charge in [-0.2, -0.15) is 5.10 Å². The number of anilines is 1. The van der Waals surface area contributed by atoms with Crippen molar-refractivity contribution in [2.24, 2.45) is 11.0 Å². The highest BCUT2D eigenvalue weighted by atomic mass is 32.2. The maximum absolute atomic E-state index is 5.17. The van der Waals surface area contributed by atoms with Crippen molar-refractivity contribution in [3.05, 3.63) is 95.6 Å². The lowest BCUT2D eigenvalue weighted by atomic mass is 9.87. The molecular weight excluding hydrogens is 360 g/mol. The highest BCUT2D eigenvalue weighted by Crippen LogP contribution is 2.47. The van der Waals surface area contributed by atoms with E-state index in [2.05, 4.69) is 97.7 Å². The average molecular weight is 385 g/mol. The monoisotopic (exact) mass is 384 g/mol. The molecule has 0 N–H and O–H groups in total. The second-order valence-corrected chi connectivity index (χ2v) is 8.91. The van der Waals surface area contributed by atoms with Gasteiger partial charge in [0.2, 0.25) is 0 Å². The normalized spacial score (nSPS) is 20.7. The second kappa shape index (κ2) is 7.14. The van der Waals surface area contributed by atoms with Crippen LogP contribution < -0.4 is 5.01 Å². The van der Waals surface area contributed by atoms with Gasteiger partial charge < -0.3 is 0 Å². The first-order valence-corrected chi connectivity index (χ1v) is 11.0. The standard InChI is InChI=1S/C25H24N2S/c1-17(2)18-12-14-19(15-13-18)25-22-16-28-23-11-7-6-10-21(23)24(22)26-27(25)20-8-4-3-5-9-20/h3-15,17,22,25H,16H2,1-2H3/t22-,25-/m0/s1. The molecule has 0 fully saturated rings. The number of para-hydroxylation sites is 1. The van der Waals surface area contributed by atoms with Crippen LogP contribution in [-0.2, 0) is 0 Å². The zero-order valence-corrected chi connectivity index (χ0v) is 17.1. The van der Waals surface area contributed by atoms with Crippen LogP contribution in [0.4, 0.5) is 5.69 Å². The predicted molar refractivity (Wildman–Crippen MR) is 119 cm³/mol. The summed E-state index contributed by atoms with van der Waals surface area (Å²) in [6.45, 7) is 4.49. The molecule has 2 atom stereocenters. The molecule has 3 aromatic rings. The number of hydrogen-bond acceptors (Lipinski definition) is 3. The summed E-state index contributed by atoms with van der Waals surface area (Å²) in [5.41, 5.74) is 6.42. The third-order valence-corrected chi connectivity index (χ3v) is 6.95. The Morgan fingerprint density at radius 1 is 0.893 bits per heavy atom. The number of benzene rings is 3. The largest absolute Gasteiger partial charge is 0.257 e. The van der Waals surface area contributed by atoms with Gasteiger partial charge in [-0.15, -0.1) is 11.8 Å². The van der Waals surface area contributed by atoms with Crippen LogP contribution in [0.5, 0.6) is 0 Å². The van der Waals surface area contributed by atoms with E-state index in [1.807, 2.05) is 11.8 Å². The lowest BCUT2D eigenvalue weighted by molar-refractivity contribution is 0.593. The number of hydrogen-bond donors (Lipinski definition) is 0. The van der Waals surface area contributed by atoms with Gasteiger partial charge in [-0.25, -0.2) is 0 Å². The van der Waals surface area contributed by atoms with Crippen LogP contribution in [0.15, 0.2) is 88.9 Å². The minimum atomic E-state index is 0.236. The molecule has 3 heteroatoms. The fraction of sp³-hybridized carbons (Fsp3) is 0.240. The average Bonchev–Trinajstić information content (AvgIpc) is 3.14. The zero-order valence-electron chi connectivity index (χ0n) is 16.2. The first-order chi connectivity index (χ1) is 13.7. The van der Waals surface area contributed by atoms with Crippen molar-refractivity contribution in [2.75, 3.05) is 10.8 Å². The Kier molecular flexibility index (Phi) is 4.48. The van der Waals surface area contributed by atoms with Gasteiger partial charge in [0.15, 0.2) is 0 Å². The summed E-state index contributed by atoms with van der Waals surface area (Å²) in [5.74, 6) is 2.01. The van der Waals surface area contributed by atoms with Gasteiger partial charge >= 0.3 is 0 Å². The van der Waals surface area contributed by atoms with E-state index >= 15 is 0 Å². The van der Waals surface area contributed by atoms with E-state index in [1.54, 1.807) is 0 Å². The first kappa shape index (κ1) is 17.6. The Morgan fingerprint density at radius 2 is 1.61 bits per heavy atom. The maximum atomic E-state index is 5.17. The second-order valence-electron chi connectivity index (χ2n) is 7.85. The Morgan fingerprint density at radius 3 is 2.36 bits per heavy atom. The smallest absolute Gasteiger partial charge is 0.0868 e. The highest BCUT2D eigenvalue weighted by Gasteiger charge is 2.42. The third-order valence-electron chi connectivity index (χ3n) is 5.76. The Bertz CT molecular complexity index is 1010. The Hall–Kier alpha value is -2.52. The summed E-state index contributed by atoms with van der Waals surface area (Å²) in [6.07, 6.45) is 0. The van der Waals surface area contributed by atoms with Crippen LogP contribution in [0, 0.1) is 5.92 Å². The molecule has 0 amide bonds. The Balaban J connectivity index is 1.61. The molecule has 3 aromatic carbocycles. The summed E-state index contributed by atoms with van der Waals surface area (Å²) in [5, 5.41) is 7.42. The molecule has 2 aliphatic rings. The van der Waals surface area contributed by atoms with Crippen LogP contribution in [-0.4, -0.2) is 11.5 Å². The van der Waals surface area contributed by atoms with Crippen molar-refractivity contribution in [3.63, 3.8) is 0 Å². The predicted octanol–water partition coefficient (Wildman–Crippen LogP) is 6.50. The van der Waals surface area contributed by atoms with Crippen LogP contribution in [0.25, 0.3) is 0 Å². The van der Waals surface area contributed by atoms with E-state index in [0.29, 0.717) is 11.8 Å². The van der Waals surface area contributed by atoms with Crippen LogP contribution in [0.2, 0.25) is 0 Å². The van der Waals surface area contributed by atoms with Crippen molar-refractivity contribution >= 4 is 23.2 Å². The van der Waals surface area contributed by atoms with Crippen LogP contribution in [0.1, 0.15) is 42.5 Å². The number of fused-ring (bicyclic) bond motifs is 3. The molecule has 0 spiro atoms. The van der Waals surface area contributed by atoms with Crippen LogP contribution >= 0.6 is 11.8 Å². The van der Waals surface area contributed by atoms with E-state index in [-0.39, 0.29) is 6.04 Å². The van der Waals surface area contributed by atoms with Crippen molar-refractivity contribution < 1.29 is 0 Å². The number of thioether (sulfide) groups is 1. The van der Waals surface area contributed by atoms with Gasteiger partial charge in [-0.1, -0.05) is 74.5 Å². The SMILES string of the molecule is CC(C)c1ccc([C@H]2[C@H]3CSc4ccccc4C3=NN2c2ccccc2)cc1. The lowest BCUT2D eigenvalue weighted by Gasteiger charge is -2.30. The molecule has 28 heavy (non-hydrogen) atoms. The number of nitrogens with zero attached hydrogens (tertiary/aromatic N) is 2. The summed E-state index contributed by atoms with van der Waals surface area (Å²) in [4.78, 5) is 1.35. The third kappa shape index (κ3) is 2.94.